The first-order chi connectivity index (χ1) is 10.0. The molecule has 0 bridgehead atoms. The number of phenols is 1. The van der Waals surface area contributed by atoms with Gasteiger partial charge in [0.05, 0.1) is 7.11 Å². The largest absolute Gasteiger partial charge is 0.503 e. The van der Waals surface area contributed by atoms with Crippen molar-refractivity contribution in [3.05, 3.63) is 59.2 Å². The summed E-state index contributed by atoms with van der Waals surface area (Å²) in [4.78, 5) is 0. The molecule has 0 spiro atoms. The van der Waals surface area contributed by atoms with Gasteiger partial charge in [0.25, 0.3) is 0 Å². The summed E-state index contributed by atoms with van der Waals surface area (Å²) in [6.07, 6.45) is 0. The van der Waals surface area contributed by atoms with Crippen molar-refractivity contribution in [3.63, 3.8) is 0 Å². The van der Waals surface area contributed by atoms with Gasteiger partial charge < -0.3 is 15.2 Å². The Bertz CT molecular complexity index is 608. The molecule has 0 aliphatic carbocycles. The summed E-state index contributed by atoms with van der Waals surface area (Å²) in [6.45, 7) is 2.21. The molecule has 0 aliphatic heterocycles. The van der Waals surface area contributed by atoms with E-state index in [1.807, 2.05) is 31.2 Å². The fraction of sp³-hybridized carbons (Fsp3) is 0.250. The van der Waals surface area contributed by atoms with Crippen LogP contribution in [0.3, 0.4) is 0 Å². The smallest absolute Gasteiger partial charge is 0.187 e. The summed E-state index contributed by atoms with van der Waals surface area (Å²) in [6, 6.07) is 9.72. The summed E-state index contributed by atoms with van der Waals surface area (Å²) in [5.74, 6) is -2.12. The van der Waals surface area contributed by atoms with E-state index in [2.05, 4.69) is 5.32 Å². The van der Waals surface area contributed by atoms with Crippen LogP contribution in [-0.4, -0.2) is 12.2 Å². The third-order valence-electron chi connectivity index (χ3n) is 3.29. The number of hydrogen-bond donors (Lipinski definition) is 2. The van der Waals surface area contributed by atoms with Crippen molar-refractivity contribution in [1.82, 2.24) is 5.32 Å². The zero-order valence-corrected chi connectivity index (χ0v) is 11.9. The minimum atomic E-state index is -0.961. The van der Waals surface area contributed by atoms with Crippen LogP contribution < -0.4 is 10.1 Å². The minimum Gasteiger partial charge on any atom is -0.503 e. The molecule has 0 fully saturated rings. The van der Waals surface area contributed by atoms with Gasteiger partial charge in [-0.1, -0.05) is 18.2 Å². The molecule has 0 amide bonds. The van der Waals surface area contributed by atoms with E-state index in [4.69, 9.17) is 9.84 Å². The lowest BCUT2D eigenvalue weighted by molar-refractivity contribution is 0.393. The van der Waals surface area contributed by atoms with Gasteiger partial charge in [0.2, 0.25) is 0 Å². The highest BCUT2D eigenvalue weighted by Crippen LogP contribution is 2.25. The average molecular weight is 293 g/mol. The SMILES string of the molecule is COc1ccccc1[C@@H](C)NCc1cc(F)c(O)c(F)c1. The molecule has 0 unspecified atom stereocenters. The number of benzene rings is 2. The number of methoxy groups -OCH3 is 1. The fourth-order valence-electron chi connectivity index (χ4n) is 2.13. The molecule has 112 valence electrons. The molecule has 1 atom stereocenters. The standard InChI is InChI=1S/C16H17F2NO2/c1-10(12-5-3-4-6-15(12)21-2)19-9-11-7-13(17)16(20)14(18)8-11/h3-8,10,19-20H,9H2,1-2H3/t10-/m1/s1. The molecule has 0 aliphatic rings. The van der Waals surface area contributed by atoms with E-state index in [0.717, 1.165) is 23.4 Å². The van der Waals surface area contributed by atoms with Gasteiger partial charge in [-0.2, -0.15) is 0 Å². The van der Waals surface area contributed by atoms with Crippen LogP contribution in [-0.2, 0) is 6.54 Å². The first kappa shape index (κ1) is 15.3. The number of hydrogen-bond acceptors (Lipinski definition) is 3. The molecule has 2 N–H and O–H groups in total. The van der Waals surface area contributed by atoms with Gasteiger partial charge in [0, 0.05) is 18.2 Å². The van der Waals surface area contributed by atoms with Gasteiger partial charge in [-0.3, -0.25) is 0 Å². The molecule has 2 aromatic rings. The number of phenolic OH excluding ortho intramolecular Hbond substituents is 1. The summed E-state index contributed by atoms with van der Waals surface area (Å²) in [7, 11) is 1.59. The summed E-state index contributed by atoms with van der Waals surface area (Å²) in [5.41, 5.74) is 1.38. The Labute approximate surface area is 122 Å². The van der Waals surface area contributed by atoms with Crippen molar-refractivity contribution in [1.29, 1.82) is 0 Å². The van der Waals surface area contributed by atoms with E-state index >= 15 is 0 Å². The number of ether oxygens (including phenoxy) is 1. The van der Waals surface area contributed by atoms with E-state index < -0.39 is 17.4 Å². The van der Waals surface area contributed by atoms with Crippen LogP contribution in [0.4, 0.5) is 8.78 Å². The van der Waals surface area contributed by atoms with E-state index in [0.29, 0.717) is 5.56 Å². The van der Waals surface area contributed by atoms with Crippen molar-refractivity contribution < 1.29 is 18.6 Å². The number of para-hydroxylation sites is 1. The summed E-state index contributed by atoms with van der Waals surface area (Å²) in [5, 5.41) is 12.2. The van der Waals surface area contributed by atoms with E-state index in [1.165, 1.54) is 0 Å². The van der Waals surface area contributed by atoms with Crippen LogP contribution >= 0.6 is 0 Å². The zero-order chi connectivity index (χ0) is 15.4. The van der Waals surface area contributed by atoms with Gasteiger partial charge >= 0.3 is 0 Å². The third-order valence-corrected chi connectivity index (χ3v) is 3.29. The summed E-state index contributed by atoms with van der Waals surface area (Å²) < 4.78 is 31.8. The lowest BCUT2D eigenvalue weighted by Gasteiger charge is -2.17. The maximum atomic E-state index is 13.3. The number of halogens is 2. The van der Waals surface area contributed by atoms with E-state index in [1.54, 1.807) is 7.11 Å². The molecule has 2 rings (SSSR count). The lowest BCUT2D eigenvalue weighted by Crippen LogP contribution is -2.19. The lowest BCUT2D eigenvalue weighted by atomic mass is 10.1. The monoisotopic (exact) mass is 293 g/mol. The van der Waals surface area contributed by atoms with Gasteiger partial charge in [-0.05, 0) is 30.7 Å². The Kier molecular flexibility index (Phi) is 4.75. The van der Waals surface area contributed by atoms with Crippen molar-refractivity contribution in [2.75, 3.05) is 7.11 Å². The van der Waals surface area contributed by atoms with Crippen LogP contribution in [0, 0.1) is 11.6 Å². The number of rotatable bonds is 5. The van der Waals surface area contributed by atoms with Gasteiger partial charge in [0.15, 0.2) is 17.4 Å². The number of aromatic hydroxyl groups is 1. The molecule has 0 aromatic heterocycles. The molecule has 21 heavy (non-hydrogen) atoms. The second-order valence-electron chi connectivity index (χ2n) is 4.75. The first-order valence-corrected chi connectivity index (χ1v) is 6.56. The van der Waals surface area contributed by atoms with Crippen molar-refractivity contribution >= 4 is 0 Å². The Hall–Kier alpha value is -2.14. The van der Waals surface area contributed by atoms with Crippen LogP contribution in [0.25, 0.3) is 0 Å². The van der Waals surface area contributed by atoms with Gasteiger partial charge in [-0.15, -0.1) is 0 Å². The quantitative estimate of drug-likeness (QED) is 0.886. The second-order valence-corrected chi connectivity index (χ2v) is 4.75. The molecule has 0 saturated heterocycles. The fourth-order valence-corrected chi connectivity index (χ4v) is 2.13. The predicted molar refractivity (Wildman–Crippen MR) is 76.3 cm³/mol. The molecular formula is C16H17F2NO2. The van der Waals surface area contributed by atoms with Crippen molar-refractivity contribution in [3.8, 4) is 11.5 Å². The second kappa shape index (κ2) is 6.54. The van der Waals surface area contributed by atoms with Crippen LogP contribution in [0.5, 0.6) is 11.5 Å². The highest BCUT2D eigenvalue weighted by atomic mass is 19.1. The summed E-state index contributed by atoms with van der Waals surface area (Å²) >= 11 is 0. The normalized spacial score (nSPS) is 12.2. The molecule has 5 heteroatoms. The molecule has 0 saturated carbocycles. The Morgan fingerprint density at radius 2 is 1.81 bits per heavy atom. The zero-order valence-electron chi connectivity index (χ0n) is 11.9. The Balaban J connectivity index is 2.09. The van der Waals surface area contributed by atoms with Gasteiger partial charge in [-0.25, -0.2) is 8.78 Å². The van der Waals surface area contributed by atoms with Crippen molar-refractivity contribution in [2.24, 2.45) is 0 Å². The molecule has 3 nitrogen and oxygen atoms in total. The third kappa shape index (κ3) is 3.49. The van der Waals surface area contributed by atoms with Crippen LogP contribution in [0.1, 0.15) is 24.1 Å². The maximum absolute atomic E-state index is 13.3. The highest BCUT2D eigenvalue weighted by Gasteiger charge is 2.12. The van der Waals surface area contributed by atoms with Crippen LogP contribution in [0.2, 0.25) is 0 Å². The predicted octanol–water partition coefficient (Wildman–Crippen LogP) is 3.53. The molecular weight excluding hydrogens is 276 g/mol. The topological polar surface area (TPSA) is 41.5 Å². The van der Waals surface area contributed by atoms with E-state index in [-0.39, 0.29) is 12.6 Å². The maximum Gasteiger partial charge on any atom is 0.187 e. The van der Waals surface area contributed by atoms with E-state index in [9.17, 15) is 8.78 Å². The minimum absolute atomic E-state index is 0.0546. The molecule has 2 aromatic carbocycles. The average Bonchev–Trinajstić information content (AvgIpc) is 2.50. The Morgan fingerprint density at radius 1 is 1.19 bits per heavy atom. The first-order valence-electron chi connectivity index (χ1n) is 6.56. The Morgan fingerprint density at radius 3 is 2.43 bits per heavy atom. The molecule has 0 heterocycles. The van der Waals surface area contributed by atoms with Crippen molar-refractivity contribution in [2.45, 2.75) is 19.5 Å². The number of nitrogens with one attached hydrogen (secondary N) is 1. The van der Waals surface area contributed by atoms with Crippen LogP contribution in [0.15, 0.2) is 36.4 Å². The highest BCUT2D eigenvalue weighted by molar-refractivity contribution is 5.36. The van der Waals surface area contributed by atoms with Gasteiger partial charge in [0.1, 0.15) is 5.75 Å². The molecule has 0 radical (unpaired) electrons.